The molecule has 0 aromatic carbocycles. The molecule has 1 atom stereocenters. The summed E-state index contributed by atoms with van der Waals surface area (Å²) in [4.78, 5) is 17.1. The summed E-state index contributed by atoms with van der Waals surface area (Å²) < 4.78 is 6.19. The second kappa shape index (κ2) is 6.36. The number of nitrogens with zero attached hydrogens (tertiary/aromatic N) is 1. The highest BCUT2D eigenvalue weighted by Crippen LogP contribution is 2.10. The minimum Gasteiger partial charge on any atom is -0.379 e. The number of nitrogens with one attached hydrogen (secondary N) is 2. The van der Waals surface area contributed by atoms with E-state index in [-0.39, 0.29) is 5.91 Å². The van der Waals surface area contributed by atoms with Crippen LogP contribution in [-0.4, -0.2) is 54.7 Å². The Morgan fingerprint density at radius 1 is 1.61 bits per heavy atom. The van der Waals surface area contributed by atoms with Crippen molar-refractivity contribution < 1.29 is 9.53 Å². The molecule has 0 radical (unpaired) electrons. The molecular formula is C12H18BrN3O2. The van der Waals surface area contributed by atoms with E-state index in [1.165, 1.54) is 0 Å². The van der Waals surface area contributed by atoms with Crippen LogP contribution in [0.3, 0.4) is 0 Å². The summed E-state index contributed by atoms with van der Waals surface area (Å²) in [5, 5.41) is 2.94. The number of H-pyrrole nitrogens is 1. The summed E-state index contributed by atoms with van der Waals surface area (Å²) in [5.74, 6) is -0.0687. The minimum atomic E-state index is -0.0687. The summed E-state index contributed by atoms with van der Waals surface area (Å²) >= 11 is 3.31. The van der Waals surface area contributed by atoms with E-state index in [1.807, 2.05) is 0 Å². The average molecular weight is 316 g/mol. The van der Waals surface area contributed by atoms with Crippen molar-refractivity contribution in [3.8, 4) is 0 Å². The first kappa shape index (κ1) is 13.6. The highest BCUT2D eigenvalue weighted by molar-refractivity contribution is 9.10. The molecule has 2 N–H and O–H groups in total. The fraction of sp³-hybridized carbons (Fsp3) is 0.583. The fourth-order valence-corrected chi connectivity index (χ4v) is 2.33. The van der Waals surface area contributed by atoms with Gasteiger partial charge in [0, 0.05) is 36.3 Å². The average Bonchev–Trinajstić information content (AvgIpc) is 2.83. The lowest BCUT2D eigenvalue weighted by Gasteiger charge is -2.32. The van der Waals surface area contributed by atoms with E-state index < -0.39 is 0 Å². The lowest BCUT2D eigenvalue weighted by molar-refractivity contribution is 0.0204. The number of amides is 1. The van der Waals surface area contributed by atoms with Gasteiger partial charge in [-0.2, -0.15) is 0 Å². The van der Waals surface area contributed by atoms with Crippen LogP contribution >= 0.6 is 15.9 Å². The first-order valence-electron chi connectivity index (χ1n) is 6.10. The number of hydrogen-bond acceptors (Lipinski definition) is 3. The van der Waals surface area contributed by atoms with E-state index in [0.717, 1.165) is 30.8 Å². The maximum Gasteiger partial charge on any atom is 0.267 e. The number of halogens is 1. The van der Waals surface area contributed by atoms with E-state index in [1.54, 1.807) is 12.3 Å². The largest absolute Gasteiger partial charge is 0.379 e. The molecule has 2 rings (SSSR count). The first-order chi connectivity index (χ1) is 8.66. The van der Waals surface area contributed by atoms with Crippen molar-refractivity contribution in [2.45, 2.75) is 13.0 Å². The number of carbonyl (C=O) groups excluding carboxylic acids is 1. The fourth-order valence-electron chi connectivity index (χ4n) is 1.98. The zero-order valence-electron chi connectivity index (χ0n) is 10.4. The van der Waals surface area contributed by atoms with Crippen molar-refractivity contribution >= 4 is 21.8 Å². The van der Waals surface area contributed by atoms with Crippen LogP contribution in [0.4, 0.5) is 0 Å². The van der Waals surface area contributed by atoms with Crippen molar-refractivity contribution in [1.82, 2.24) is 15.2 Å². The maximum atomic E-state index is 11.8. The van der Waals surface area contributed by atoms with E-state index in [4.69, 9.17) is 4.74 Å². The van der Waals surface area contributed by atoms with Gasteiger partial charge in [-0.25, -0.2) is 0 Å². The number of aromatic nitrogens is 1. The SMILES string of the molecule is C[C@H](CNC(=O)c1cc(Br)c[nH]1)N1CCOCC1. The molecule has 0 bridgehead atoms. The third kappa shape index (κ3) is 3.57. The third-order valence-electron chi connectivity index (χ3n) is 3.12. The van der Waals surface area contributed by atoms with Gasteiger partial charge in [-0.3, -0.25) is 9.69 Å². The van der Waals surface area contributed by atoms with Crippen LogP contribution in [0.15, 0.2) is 16.7 Å². The number of aromatic amines is 1. The Balaban J connectivity index is 1.78. The summed E-state index contributed by atoms with van der Waals surface area (Å²) in [6.45, 7) is 6.20. The Hall–Kier alpha value is -0.850. The maximum absolute atomic E-state index is 11.8. The van der Waals surface area contributed by atoms with Gasteiger partial charge in [0.25, 0.3) is 5.91 Å². The number of carbonyl (C=O) groups is 1. The molecule has 5 nitrogen and oxygen atoms in total. The number of rotatable bonds is 4. The lowest BCUT2D eigenvalue weighted by Crippen LogP contribution is -2.47. The Bertz CT molecular complexity index is 402. The van der Waals surface area contributed by atoms with Gasteiger partial charge in [0.1, 0.15) is 5.69 Å². The predicted molar refractivity (Wildman–Crippen MR) is 72.7 cm³/mol. The molecule has 1 aromatic rings. The van der Waals surface area contributed by atoms with Gasteiger partial charge in [-0.1, -0.05) is 0 Å². The highest BCUT2D eigenvalue weighted by Gasteiger charge is 2.18. The molecule has 1 aliphatic heterocycles. The zero-order chi connectivity index (χ0) is 13.0. The van der Waals surface area contributed by atoms with Crippen LogP contribution in [0.1, 0.15) is 17.4 Å². The molecule has 18 heavy (non-hydrogen) atoms. The molecule has 1 fully saturated rings. The number of ether oxygens (including phenoxy) is 1. The van der Waals surface area contributed by atoms with E-state index in [2.05, 4.69) is 38.1 Å². The molecule has 0 spiro atoms. The van der Waals surface area contributed by atoms with Gasteiger partial charge in [0.05, 0.1) is 13.2 Å². The normalized spacial score (nSPS) is 18.6. The molecule has 0 saturated carbocycles. The van der Waals surface area contributed by atoms with Crippen LogP contribution in [-0.2, 0) is 4.74 Å². The van der Waals surface area contributed by atoms with Gasteiger partial charge in [0.15, 0.2) is 0 Å². The minimum absolute atomic E-state index is 0.0687. The van der Waals surface area contributed by atoms with Gasteiger partial charge < -0.3 is 15.0 Å². The Labute approximate surface area is 115 Å². The Morgan fingerprint density at radius 2 is 2.33 bits per heavy atom. The summed E-state index contributed by atoms with van der Waals surface area (Å²) in [5.41, 5.74) is 0.580. The van der Waals surface area contributed by atoms with Crippen LogP contribution in [0.5, 0.6) is 0 Å². The molecule has 0 unspecified atom stereocenters. The molecule has 1 saturated heterocycles. The highest BCUT2D eigenvalue weighted by atomic mass is 79.9. The Morgan fingerprint density at radius 3 is 2.94 bits per heavy atom. The van der Waals surface area contributed by atoms with Crippen molar-refractivity contribution in [1.29, 1.82) is 0 Å². The summed E-state index contributed by atoms with van der Waals surface area (Å²) in [6.07, 6.45) is 1.75. The van der Waals surface area contributed by atoms with Gasteiger partial charge in [-0.15, -0.1) is 0 Å². The zero-order valence-corrected chi connectivity index (χ0v) is 12.0. The van der Waals surface area contributed by atoms with E-state index in [9.17, 15) is 4.79 Å². The quantitative estimate of drug-likeness (QED) is 0.878. The van der Waals surface area contributed by atoms with E-state index >= 15 is 0 Å². The third-order valence-corrected chi connectivity index (χ3v) is 3.58. The standard InChI is InChI=1S/C12H18BrN3O2/c1-9(16-2-4-18-5-3-16)7-15-12(17)11-6-10(13)8-14-11/h6,8-9,14H,2-5,7H2,1H3,(H,15,17)/t9-/m1/s1. The molecule has 1 aliphatic rings. The van der Waals surface area contributed by atoms with Crippen molar-refractivity contribution in [2.75, 3.05) is 32.8 Å². The topological polar surface area (TPSA) is 57.4 Å². The molecule has 1 amide bonds. The summed E-state index contributed by atoms with van der Waals surface area (Å²) in [6, 6.07) is 2.10. The van der Waals surface area contributed by atoms with Crippen LogP contribution < -0.4 is 5.32 Å². The monoisotopic (exact) mass is 315 g/mol. The van der Waals surface area contributed by atoms with Crippen LogP contribution in [0.25, 0.3) is 0 Å². The van der Waals surface area contributed by atoms with Crippen molar-refractivity contribution in [3.05, 3.63) is 22.4 Å². The Kier molecular flexibility index (Phi) is 4.79. The smallest absolute Gasteiger partial charge is 0.267 e. The lowest BCUT2D eigenvalue weighted by atomic mass is 10.2. The molecular weight excluding hydrogens is 298 g/mol. The van der Waals surface area contributed by atoms with Gasteiger partial charge in [0.2, 0.25) is 0 Å². The summed E-state index contributed by atoms with van der Waals surface area (Å²) in [7, 11) is 0. The van der Waals surface area contributed by atoms with Gasteiger partial charge in [-0.05, 0) is 28.9 Å². The predicted octanol–water partition coefficient (Wildman–Crippen LogP) is 1.23. The molecule has 6 heteroatoms. The van der Waals surface area contributed by atoms with Crippen molar-refractivity contribution in [3.63, 3.8) is 0 Å². The molecule has 0 aliphatic carbocycles. The molecule has 100 valence electrons. The second-order valence-electron chi connectivity index (χ2n) is 4.44. The van der Waals surface area contributed by atoms with Gasteiger partial charge >= 0.3 is 0 Å². The number of hydrogen-bond donors (Lipinski definition) is 2. The first-order valence-corrected chi connectivity index (χ1v) is 6.90. The van der Waals surface area contributed by atoms with Crippen LogP contribution in [0.2, 0.25) is 0 Å². The second-order valence-corrected chi connectivity index (χ2v) is 5.35. The molecule has 2 heterocycles. The van der Waals surface area contributed by atoms with Crippen molar-refractivity contribution in [2.24, 2.45) is 0 Å². The molecule has 1 aromatic heterocycles. The number of morpholine rings is 1. The van der Waals surface area contributed by atoms with E-state index in [0.29, 0.717) is 18.3 Å². The van der Waals surface area contributed by atoms with Crippen LogP contribution in [0, 0.1) is 0 Å².